The van der Waals surface area contributed by atoms with Gasteiger partial charge < -0.3 is 10.4 Å². The van der Waals surface area contributed by atoms with E-state index in [9.17, 15) is 14.3 Å². The lowest BCUT2D eigenvalue weighted by molar-refractivity contribution is 0.0758. The lowest BCUT2D eigenvalue weighted by Gasteiger charge is -2.36. The fraction of sp³-hybridized carbons (Fsp3) is 0.538. The van der Waals surface area contributed by atoms with Gasteiger partial charge in [-0.25, -0.2) is 9.37 Å². The van der Waals surface area contributed by atoms with Gasteiger partial charge in [-0.2, -0.15) is 0 Å². The first-order valence-corrected chi connectivity index (χ1v) is 6.68. The van der Waals surface area contributed by atoms with E-state index in [1.54, 1.807) is 0 Å². The lowest BCUT2D eigenvalue weighted by atomic mass is 9.82. The molecule has 1 aromatic heterocycles. The zero-order valence-corrected chi connectivity index (χ0v) is 11.2. The number of aliphatic hydroxyl groups excluding tert-OH is 1. The maximum absolute atomic E-state index is 13.1. The highest BCUT2D eigenvalue weighted by Crippen LogP contribution is 2.28. The summed E-state index contributed by atoms with van der Waals surface area (Å²) in [5, 5.41) is 12.3. The molecule has 1 fully saturated rings. The van der Waals surface area contributed by atoms with Crippen LogP contribution in [0.3, 0.4) is 0 Å². The fourth-order valence-corrected chi connectivity index (χ4v) is 2.63. The number of halogens is 2. The topological polar surface area (TPSA) is 62.2 Å². The van der Waals surface area contributed by atoms with Crippen LogP contribution in [0.1, 0.15) is 42.5 Å². The first-order valence-electron chi connectivity index (χ1n) is 6.31. The Balaban J connectivity index is 2.17. The quantitative estimate of drug-likeness (QED) is 0.838. The normalized spacial score (nSPS) is 18.1. The van der Waals surface area contributed by atoms with Gasteiger partial charge in [-0.3, -0.25) is 4.79 Å². The molecule has 0 radical (unpaired) electrons. The molecule has 1 heterocycles. The molecule has 19 heavy (non-hydrogen) atoms. The van der Waals surface area contributed by atoms with Crippen molar-refractivity contribution in [2.75, 3.05) is 6.61 Å². The summed E-state index contributed by atoms with van der Waals surface area (Å²) in [7, 11) is 0. The summed E-state index contributed by atoms with van der Waals surface area (Å²) in [5.41, 5.74) is -0.620. The average Bonchev–Trinajstić information content (AvgIpc) is 2.42. The van der Waals surface area contributed by atoms with Gasteiger partial charge in [0, 0.05) is 0 Å². The van der Waals surface area contributed by atoms with Crippen LogP contribution in [0.25, 0.3) is 0 Å². The highest BCUT2D eigenvalue weighted by molar-refractivity contribution is 6.32. The molecule has 1 aromatic rings. The minimum atomic E-state index is -0.620. The largest absolute Gasteiger partial charge is 0.394 e. The fourth-order valence-electron chi connectivity index (χ4n) is 2.44. The molecular weight excluding hydrogens is 271 g/mol. The molecule has 6 heteroatoms. The Morgan fingerprint density at radius 2 is 2.16 bits per heavy atom. The van der Waals surface area contributed by atoms with Gasteiger partial charge in [-0.15, -0.1) is 0 Å². The molecule has 104 valence electrons. The third-order valence-corrected chi connectivity index (χ3v) is 3.84. The molecule has 0 aromatic carbocycles. The molecule has 0 saturated heterocycles. The lowest BCUT2D eigenvalue weighted by Crippen LogP contribution is -2.52. The number of rotatable bonds is 3. The number of aromatic nitrogens is 1. The van der Waals surface area contributed by atoms with Gasteiger partial charge in [0.05, 0.1) is 23.9 Å². The van der Waals surface area contributed by atoms with Crippen molar-refractivity contribution in [1.82, 2.24) is 10.3 Å². The van der Waals surface area contributed by atoms with E-state index < -0.39 is 17.3 Å². The Morgan fingerprint density at radius 3 is 2.79 bits per heavy atom. The van der Waals surface area contributed by atoms with Crippen LogP contribution in [0.4, 0.5) is 4.39 Å². The second-order valence-corrected chi connectivity index (χ2v) is 5.30. The summed E-state index contributed by atoms with van der Waals surface area (Å²) < 4.78 is 13.1. The highest BCUT2D eigenvalue weighted by atomic mass is 35.5. The van der Waals surface area contributed by atoms with Crippen LogP contribution in [-0.4, -0.2) is 28.1 Å². The molecule has 0 unspecified atom stereocenters. The van der Waals surface area contributed by atoms with E-state index in [1.165, 1.54) is 0 Å². The van der Waals surface area contributed by atoms with Gasteiger partial charge in [0.15, 0.2) is 0 Å². The van der Waals surface area contributed by atoms with E-state index in [0.717, 1.165) is 44.4 Å². The number of nitrogens with zero attached hydrogens (tertiary/aromatic N) is 1. The van der Waals surface area contributed by atoms with E-state index in [-0.39, 0.29) is 17.3 Å². The zero-order chi connectivity index (χ0) is 13.9. The molecule has 2 N–H and O–H groups in total. The van der Waals surface area contributed by atoms with E-state index >= 15 is 0 Å². The summed E-state index contributed by atoms with van der Waals surface area (Å²) in [4.78, 5) is 15.7. The number of nitrogens with one attached hydrogen (secondary N) is 1. The van der Waals surface area contributed by atoms with Crippen molar-refractivity contribution in [2.24, 2.45) is 0 Å². The molecule has 4 nitrogen and oxygen atoms in total. The van der Waals surface area contributed by atoms with Gasteiger partial charge in [-0.05, 0) is 18.9 Å². The maximum atomic E-state index is 13.1. The molecule has 0 atom stereocenters. The van der Waals surface area contributed by atoms with Crippen LogP contribution >= 0.6 is 11.6 Å². The van der Waals surface area contributed by atoms with Crippen molar-refractivity contribution in [3.8, 4) is 0 Å². The van der Waals surface area contributed by atoms with Crippen molar-refractivity contribution in [3.63, 3.8) is 0 Å². The molecular formula is C13H16ClFN2O2. The maximum Gasteiger partial charge on any atom is 0.255 e. The molecule has 1 saturated carbocycles. The number of aliphatic hydroxyl groups is 1. The molecule has 0 spiro atoms. The summed E-state index contributed by atoms with van der Waals surface area (Å²) in [6.45, 7) is -0.126. The van der Waals surface area contributed by atoms with Gasteiger partial charge in [-0.1, -0.05) is 30.9 Å². The highest BCUT2D eigenvalue weighted by Gasteiger charge is 2.33. The smallest absolute Gasteiger partial charge is 0.255 e. The summed E-state index contributed by atoms with van der Waals surface area (Å²) >= 11 is 5.80. The number of hydrogen-bond acceptors (Lipinski definition) is 3. The minimum absolute atomic E-state index is 0.0000603. The molecule has 1 amide bonds. The van der Waals surface area contributed by atoms with Crippen molar-refractivity contribution >= 4 is 17.5 Å². The van der Waals surface area contributed by atoms with Crippen LogP contribution in [-0.2, 0) is 0 Å². The molecule has 1 aliphatic carbocycles. The van der Waals surface area contributed by atoms with Gasteiger partial charge in [0.2, 0.25) is 0 Å². The summed E-state index contributed by atoms with van der Waals surface area (Å²) in [6, 6.07) is 1.05. The average molecular weight is 287 g/mol. The van der Waals surface area contributed by atoms with Crippen LogP contribution in [0.5, 0.6) is 0 Å². The Morgan fingerprint density at radius 1 is 1.47 bits per heavy atom. The third kappa shape index (κ3) is 3.22. The van der Waals surface area contributed by atoms with Crippen molar-refractivity contribution in [1.29, 1.82) is 0 Å². The number of hydrogen-bond donors (Lipinski definition) is 2. The number of carbonyl (C=O) groups is 1. The van der Waals surface area contributed by atoms with Crippen LogP contribution in [0.15, 0.2) is 12.3 Å². The standard InChI is InChI=1S/C13H16ClFN2O2/c14-11-10(6-9(15)7-16-11)12(19)17-13(8-18)4-2-1-3-5-13/h6-7,18H,1-5,8H2,(H,17,19). The Labute approximate surface area is 116 Å². The van der Waals surface area contributed by atoms with E-state index in [4.69, 9.17) is 11.6 Å². The molecule has 1 aliphatic rings. The predicted molar refractivity (Wildman–Crippen MR) is 69.6 cm³/mol. The number of carbonyl (C=O) groups excluding carboxylic acids is 1. The Hall–Kier alpha value is -1.20. The van der Waals surface area contributed by atoms with Gasteiger partial charge >= 0.3 is 0 Å². The second-order valence-electron chi connectivity index (χ2n) is 4.95. The second kappa shape index (κ2) is 5.84. The predicted octanol–water partition coefficient (Wildman–Crippen LogP) is 2.30. The van der Waals surface area contributed by atoms with Gasteiger partial charge in [0.1, 0.15) is 11.0 Å². The first kappa shape index (κ1) is 14.2. The molecule has 2 rings (SSSR count). The van der Waals surface area contributed by atoms with E-state index in [2.05, 4.69) is 10.3 Å². The van der Waals surface area contributed by atoms with Gasteiger partial charge in [0.25, 0.3) is 5.91 Å². The number of pyridine rings is 1. The Kier molecular flexibility index (Phi) is 4.37. The van der Waals surface area contributed by atoms with Crippen molar-refractivity contribution < 1.29 is 14.3 Å². The monoisotopic (exact) mass is 286 g/mol. The van der Waals surface area contributed by atoms with Crippen molar-refractivity contribution in [2.45, 2.75) is 37.6 Å². The first-order chi connectivity index (χ1) is 9.06. The van der Waals surface area contributed by atoms with Crippen molar-refractivity contribution in [3.05, 3.63) is 28.8 Å². The molecule has 0 bridgehead atoms. The summed E-state index contributed by atoms with van der Waals surface area (Å²) in [6.07, 6.45) is 5.40. The number of amides is 1. The minimum Gasteiger partial charge on any atom is -0.394 e. The SMILES string of the molecule is O=C(NC1(CO)CCCCC1)c1cc(F)cnc1Cl. The zero-order valence-electron chi connectivity index (χ0n) is 10.5. The van der Waals surface area contributed by atoms with Crippen LogP contribution in [0.2, 0.25) is 5.15 Å². The van der Waals surface area contributed by atoms with E-state index in [0.29, 0.717) is 0 Å². The Bertz CT molecular complexity index is 476. The van der Waals surface area contributed by atoms with E-state index in [1.807, 2.05) is 0 Å². The van der Waals surface area contributed by atoms with Crippen LogP contribution in [0, 0.1) is 5.82 Å². The third-order valence-electron chi connectivity index (χ3n) is 3.54. The molecule has 0 aliphatic heterocycles. The summed E-state index contributed by atoms with van der Waals surface area (Å²) in [5.74, 6) is -1.11. The van der Waals surface area contributed by atoms with Crippen LogP contribution < -0.4 is 5.32 Å².